The molecule has 4 rings (SSSR count). The normalized spacial score (nSPS) is 20.3. The van der Waals surface area contributed by atoms with Gasteiger partial charge in [0.1, 0.15) is 11.6 Å². The molecule has 0 amide bonds. The Balaban J connectivity index is 1.88. The summed E-state index contributed by atoms with van der Waals surface area (Å²) in [6.07, 6.45) is 3.08. The molecule has 2 aliphatic rings. The number of Topliss-reactive ketones (excluding diaryl/α,β-unsaturated/α-hetero) is 1. The average molecular weight is 459 g/mol. The van der Waals surface area contributed by atoms with Crippen molar-refractivity contribution in [3.63, 3.8) is 0 Å². The smallest absolute Gasteiger partial charge is 0.372 e. The third-order valence-electron chi connectivity index (χ3n) is 6.12. The van der Waals surface area contributed by atoms with Crippen LogP contribution in [0.1, 0.15) is 44.2 Å². The van der Waals surface area contributed by atoms with E-state index in [1.165, 1.54) is 6.07 Å². The fourth-order valence-corrected chi connectivity index (χ4v) is 5.18. The predicted molar refractivity (Wildman–Crippen MR) is 124 cm³/mol. The van der Waals surface area contributed by atoms with Crippen molar-refractivity contribution in [1.82, 2.24) is 0 Å². The standard InChI is InChI=1S/C25H24ClFO3S/c1-3-14-5-6-15(19-10-9-18(26)13-21(19)27)12-20(14)22-23(28)16-7-8-17(11-16)24(22)30-25(29)31-4-2/h5-6,9-10,12-13,16-17H,3-4,7-8,11H2,1-2H3/t16-,17-/m0/s1. The van der Waals surface area contributed by atoms with Crippen LogP contribution in [0.2, 0.25) is 5.02 Å². The van der Waals surface area contributed by atoms with Crippen molar-refractivity contribution in [1.29, 1.82) is 0 Å². The molecule has 31 heavy (non-hydrogen) atoms. The van der Waals surface area contributed by atoms with Gasteiger partial charge in [-0.05, 0) is 78.4 Å². The van der Waals surface area contributed by atoms with Crippen molar-refractivity contribution < 1.29 is 18.7 Å². The molecule has 2 aromatic carbocycles. The molecule has 2 bridgehead atoms. The molecule has 2 aromatic rings. The van der Waals surface area contributed by atoms with E-state index < -0.39 is 5.82 Å². The summed E-state index contributed by atoms with van der Waals surface area (Å²) < 4.78 is 20.4. The summed E-state index contributed by atoms with van der Waals surface area (Å²) in [4.78, 5) is 25.7. The maximum atomic E-state index is 14.6. The number of aryl methyl sites for hydroxylation is 1. The monoisotopic (exact) mass is 458 g/mol. The van der Waals surface area contributed by atoms with E-state index in [9.17, 15) is 14.0 Å². The fourth-order valence-electron chi connectivity index (χ4n) is 4.63. The van der Waals surface area contributed by atoms with Crippen LogP contribution < -0.4 is 0 Å². The summed E-state index contributed by atoms with van der Waals surface area (Å²) in [7, 11) is 0. The van der Waals surface area contributed by atoms with Gasteiger partial charge < -0.3 is 4.74 Å². The molecule has 6 heteroatoms. The lowest BCUT2D eigenvalue weighted by atomic mass is 9.81. The SMILES string of the molecule is CCSC(=O)OC1=C(c2cc(-c3ccc(Cl)cc3F)ccc2CC)C(=O)[C@H]2CC[C@H]1C2. The summed E-state index contributed by atoms with van der Waals surface area (Å²) in [5.41, 5.74) is 3.28. The Morgan fingerprint density at radius 3 is 2.61 bits per heavy atom. The third-order valence-corrected chi connectivity index (χ3v) is 6.97. The number of hydrogen-bond donors (Lipinski definition) is 0. The van der Waals surface area contributed by atoms with Crippen LogP contribution in [-0.2, 0) is 16.0 Å². The van der Waals surface area contributed by atoms with Gasteiger partial charge in [-0.1, -0.05) is 37.6 Å². The van der Waals surface area contributed by atoms with Crippen molar-refractivity contribution in [2.75, 3.05) is 5.75 Å². The van der Waals surface area contributed by atoms with E-state index in [0.29, 0.717) is 39.7 Å². The maximum absolute atomic E-state index is 14.6. The molecule has 2 aliphatic carbocycles. The summed E-state index contributed by atoms with van der Waals surface area (Å²) in [5, 5.41) is -0.0536. The molecule has 0 aromatic heterocycles. The quantitative estimate of drug-likeness (QED) is 0.440. The number of halogens is 2. The van der Waals surface area contributed by atoms with Gasteiger partial charge in [0.25, 0.3) is 0 Å². The lowest BCUT2D eigenvalue weighted by molar-refractivity contribution is -0.117. The second kappa shape index (κ2) is 9.17. The maximum Gasteiger partial charge on any atom is 0.372 e. The van der Waals surface area contributed by atoms with Crippen molar-refractivity contribution in [3.05, 3.63) is 64.1 Å². The molecule has 0 aliphatic heterocycles. The second-order valence-corrected chi connectivity index (χ2v) is 9.58. The third kappa shape index (κ3) is 4.31. The zero-order valence-electron chi connectivity index (χ0n) is 17.5. The van der Waals surface area contributed by atoms with E-state index >= 15 is 0 Å². The van der Waals surface area contributed by atoms with Crippen LogP contribution in [0, 0.1) is 17.7 Å². The van der Waals surface area contributed by atoms with Crippen LogP contribution in [0.15, 0.2) is 42.2 Å². The largest absolute Gasteiger partial charge is 0.422 e. The minimum atomic E-state index is -0.419. The van der Waals surface area contributed by atoms with Gasteiger partial charge in [0.05, 0.1) is 5.57 Å². The average Bonchev–Trinajstić information content (AvgIpc) is 3.19. The van der Waals surface area contributed by atoms with Gasteiger partial charge in [-0.2, -0.15) is 0 Å². The Morgan fingerprint density at radius 1 is 1.13 bits per heavy atom. The first-order valence-electron chi connectivity index (χ1n) is 10.6. The topological polar surface area (TPSA) is 43.4 Å². The molecule has 1 fully saturated rings. The number of carbonyl (C=O) groups excluding carboxylic acids is 2. The zero-order valence-corrected chi connectivity index (χ0v) is 19.1. The van der Waals surface area contributed by atoms with Crippen LogP contribution >= 0.6 is 23.4 Å². The van der Waals surface area contributed by atoms with Crippen LogP contribution in [0.3, 0.4) is 0 Å². The summed E-state index contributed by atoms with van der Waals surface area (Å²) >= 11 is 7.01. The Bertz CT molecular complexity index is 1080. The van der Waals surface area contributed by atoms with Crippen LogP contribution in [0.4, 0.5) is 9.18 Å². The molecule has 162 valence electrons. The number of fused-ring (bicyclic) bond motifs is 2. The van der Waals surface area contributed by atoms with Crippen molar-refractivity contribution in [3.8, 4) is 11.1 Å². The number of ether oxygens (including phenoxy) is 1. The number of carbonyl (C=O) groups is 2. The molecule has 3 nitrogen and oxygen atoms in total. The zero-order chi connectivity index (χ0) is 22.1. The molecule has 1 saturated carbocycles. The summed E-state index contributed by atoms with van der Waals surface area (Å²) in [6, 6.07) is 10.2. The number of rotatable bonds is 5. The van der Waals surface area contributed by atoms with E-state index in [-0.39, 0.29) is 22.9 Å². The highest BCUT2D eigenvalue weighted by atomic mass is 35.5. The molecule has 0 heterocycles. The lowest BCUT2D eigenvalue weighted by Crippen LogP contribution is -2.24. The Hall–Kier alpha value is -2.11. The lowest BCUT2D eigenvalue weighted by Gasteiger charge is -2.26. The summed E-state index contributed by atoms with van der Waals surface area (Å²) in [6.45, 7) is 3.90. The van der Waals surface area contributed by atoms with Crippen molar-refractivity contribution in [2.45, 2.75) is 39.5 Å². The molecular formula is C25H24ClFO3S. The van der Waals surface area contributed by atoms with Gasteiger partial charge in [-0.3, -0.25) is 4.79 Å². The minimum absolute atomic E-state index is 0.0291. The molecule has 0 unspecified atom stereocenters. The van der Waals surface area contributed by atoms with Gasteiger partial charge in [0.2, 0.25) is 0 Å². The van der Waals surface area contributed by atoms with E-state index in [1.807, 2.05) is 32.0 Å². The van der Waals surface area contributed by atoms with Gasteiger partial charge >= 0.3 is 5.30 Å². The van der Waals surface area contributed by atoms with Gasteiger partial charge in [0, 0.05) is 28.2 Å². The Morgan fingerprint density at radius 2 is 1.90 bits per heavy atom. The van der Waals surface area contributed by atoms with Crippen LogP contribution in [-0.4, -0.2) is 16.8 Å². The second-order valence-electron chi connectivity index (χ2n) is 7.95. The first-order chi connectivity index (χ1) is 14.9. The molecule has 0 radical (unpaired) electrons. The molecule has 0 spiro atoms. The fraction of sp³-hybridized carbons (Fsp3) is 0.360. The Labute approximate surface area is 191 Å². The number of hydrogen-bond acceptors (Lipinski definition) is 4. The number of thioether (sulfide) groups is 1. The first kappa shape index (κ1) is 22.1. The van der Waals surface area contributed by atoms with Crippen molar-refractivity contribution >= 4 is 40.0 Å². The first-order valence-corrected chi connectivity index (χ1v) is 12.0. The van der Waals surface area contributed by atoms with Gasteiger partial charge in [0.15, 0.2) is 5.78 Å². The number of benzene rings is 2. The molecule has 0 N–H and O–H groups in total. The number of ketones is 1. The van der Waals surface area contributed by atoms with Gasteiger partial charge in [-0.15, -0.1) is 0 Å². The molecule has 2 atom stereocenters. The highest BCUT2D eigenvalue weighted by molar-refractivity contribution is 8.13. The van der Waals surface area contributed by atoms with Crippen molar-refractivity contribution in [2.24, 2.45) is 11.8 Å². The minimum Gasteiger partial charge on any atom is -0.422 e. The highest BCUT2D eigenvalue weighted by Crippen LogP contribution is 2.48. The van der Waals surface area contributed by atoms with E-state index in [2.05, 4.69) is 0 Å². The summed E-state index contributed by atoms with van der Waals surface area (Å²) in [5.74, 6) is 0.739. The predicted octanol–water partition coefficient (Wildman–Crippen LogP) is 7.31. The van der Waals surface area contributed by atoms with Crippen LogP contribution in [0.25, 0.3) is 16.7 Å². The number of allylic oxidation sites excluding steroid dienone is 2. The van der Waals surface area contributed by atoms with E-state index in [4.69, 9.17) is 16.3 Å². The molecule has 0 saturated heterocycles. The highest BCUT2D eigenvalue weighted by Gasteiger charge is 2.43. The van der Waals surface area contributed by atoms with Crippen LogP contribution in [0.5, 0.6) is 0 Å². The molecular weight excluding hydrogens is 435 g/mol. The Kier molecular flexibility index (Phi) is 6.54. The van der Waals surface area contributed by atoms with E-state index in [0.717, 1.165) is 42.2 Å². The van der Waals surface area contributed by atoms with Gasteiger partial charge in [-0.25, -0.2) is 9.18 Å². The van der Waals surface area contributed by atoms with E-state index in [1.54, 1.807) is 12.1 Å².